The Morgan fingerprint density at radius 1 is 1.56 bits per heavy atom. The molecule has 1 saturated heterocycles. The number of methoxy groups -OCH3 is 1. The van der Waals surface area contributed by atoms with E-state index in [-0.39, 0.29) is 19.0 Å². The van der Waals surface area contributed by atoms with Crippen molar-refractivity contribution in [3.63, 3.8) is 0 Å². The van der Waals surface area contributed by atoms with E-state index >= 15 is 0 Å². The highest BCUT2D eigenvalue weighted by molar-refractivity contribution is 7.86. The number of hydrogen-bond donors (Lipinski definition) is 1. The molecule has 1 heterocycles. The third kappa shape index (κ3) is 3.91. The average Bonchev–Trinajstić information content (AvgIpc) is 2.35. The first-order chi connectivity index (χ1) is 8.37. The molecule has 0 aliphatic carbocycles. The van der Waals surface area contributed by atoms with Gasteiger partial charge in [-0.05, 0) is 12.8 Å². The van der Waals surface area contributed by atoms with Gasteiger partial charge in [-0.2, -0.15) is 17.0 Å². The molecule has 0 aromatic heterocycles. The normalized spacial score (nSPS) is 22.1. The number of piperidine rings is 1. The van der Waals surface area contributed by atoms with Crippen molar-refractivity contribution in [2.24, 2.45) is 5.73 Å². The van der Waals surface area contributed by atoms with Gasteiger partial charge in [0.1, 0.15) is 0 Å². The maximum Gasteiger partial charge on any atom is 0.306 e. The van der Waals surface area contributed by atoms with Crippen molar-refractivity contribution in [1.82, 2.24) is 8.61 Å². The first kappa shape index (κ1) is 15.4. The van der Waals surface area contributed by atoms with Crippen molar-refractivity contribution in [3.8, 4) is 0 Å². The van der Waals surface area contributed by atoms with Crippen LogP contribution in [0.3, 0.4) is 0 Å². The fraction of sp³-hybridized carbons (Fsp3) is 0.900. The van der Waals surface area contributed by atoms with Crippen LogP contribution in [-0.2, 0) is 19.7 Å². The first-order valence-corrected chi connectivity index (χ1v) is 7.31. The van der Waals surface area contributed by atoms with Crippen LogP contribution in [0.5, 0.6) is 0 Å². The predicted octanol–water partition coefficient (Wildman–Crippen LogP) is -0.851. The Hall–Kier alpha value is -0.700. The molecule has 0 saturated carbocycles. The molecule has 0 bridgehead atoms. The Bertz CT molecular complexity index is 385. The lowest BCUT2D eigenvalue weighted by Gasteiger charge is -2.32. The topological polar surface area (TPSA) is 92.9 Å². The molecule has 1 fully saturated rings. The number of carbonyl (C=O) groups is 1. The minimum Gasteiger partial charge on any atom is -0.469 e. The van der Waals surface area contributed by atoms with Crippen LogP contribution in [0.25, 0.3) is 0 Å². The van der Waals surface area contributed by atoms with E-state index in [2.05, 4.69) is 4.74 Å². The van der Waals surface area contributed by atoms with Crippen LogP contribution in [-0.4, -0.2) is 62.8 Å². The van der Waals surface area contributed by atoms with Gasteiger partial charge >= 0.3 is 5.97 Å². The monoisotopic (exact) mass is 279 g/mol. The first-order valence-electron chi connectivity index (χ1n) is 5.91. The van der Waals surface area contributed by atoms with Crippen molar-refractivity contribution >= 4 is 16.2 Å². The second kappa shape index (κ2) is 6.46. The lowest BCUT2D eigenvalue weighted by molar-refractivity contribution is -0.140. The summed E-state index contributed by atoms with van der Waals surface area (Å²) >= 11 is 0. The fourth-order valence-corrected chi connectivity index (χ4v) is 3.30. The molecule has 7 nitrogen and oxygen atoms in total. The summed E-state index contributed by atoms with van der Waals surface area (Å²) in [7, 11) is -0.785. The van der Waals surface area contributed by atoms with Crippen LogP contribution in [0, 0.1) is 0 Å². The molecule has 18 heavy (non-hydrogen) atoms. The second-order valence-electron chi connectivity index (χ2n) is 4.42. The molecule has 8 heteroatoms. The van der Waals surface area contributed by atoms with E-state index in [4.69, 9.17) is 5.73 Å². The Kier molecular flexibility index (Phi) is 5.51. The predicted molar refractivity (Wildman–Crippen MR) is 67.0 cm³/mol. The summed E-state index contributed by atoms with van der Waals surface area (Å²) in [5.41, 5.74) is 5.77. The Labute approximate surface area is 108 Å². The zero-order chi connectivity index (χ0) is 13.8. The average molecular weight is 279 g/mol. The highest BCUT2D eigenvalue weighted by Crippen LogP contribution is 2.15. The molecule has 0 aromatic rings. The summed E-state index contributed by atoms with van der Waals surface area (Å²) in [6.07, 6.45) is 1.66. The standard InChI is InChI=1S/C10H21N3O4S/c1-12(7-5-10(14)17-2)18(15,16)13-6-3-4-9(11)8-13/h9H,3-8,11H2,1-2H3. The van der Waals surface area contributed by atoms with Gasteiger partial charge in [-0.25, -0.2) is 0 Å². The minimum absolute atomic E-state index is 0.0477. The molecule has 106 valence electrons. The van der Waals surface area contributed by atoms with Crippen molar-refractivity contribution in [1.29, 1.82) is 0 Å². The Morgan fingerprint density at radius 3 is 2.78 bits per heavy atom. The van der Waals surface area contributed by atoms with Gasteiger partial charge < -0.3 is 10.5 Å². The van der Waals surface area contributed by atoms with E-state index in [1.165, 1.54) is 22.8 Å². The SMILES string of the molecule is COC(=O)CCN(C)S(=O)(=O)N1CCCC(N)C1. The van der Waals surface area contributed by atoms with E-state index in [0.717, 1.165) is 12.8 Å². The van der Waals surface area contributed by atoms with E-state index < -0.39 is 16.2 Å². The zero-order valence-electron chi connectivity index (χ0n) is 10.8. The molecule has 1 aliphatic rings. The summed E-state index contributed by atoms with van der Waals surface area (Å²) in [6.45, 7) is 0.935. The lowest BCUT2D eigenvalue weighted by atomic mass is 10.1. The molecule has 2 N–H and O–H groups in total. The van der Waals surface area contributed by atoms with Crippen LogP contribution in [0.2, 0.25) is 0 Å². The van der Waals surface area contributed by atoms with Gasteiger partial charge in [-0.15, -0.1) is 0 Å². The Morgan fingerprint density at radius 2 is 2.22 bits per heavy atom. The van der Waals surface area contributed by atoms with Gasteiger partial charge in [0.15, 0.2) is 0 Å². The van der Waals surface area contributed by atoms with Crippen molar-refractivity contribution in [2.45, 2.75) is 25.3 Å². The molecule has 0 spiro atoms. The highest BCUT2D eigenvalue weighted by Gasteiger charge is 2.30. The second-order valence-corrected chi connectivity index (χ2v) is 6.45. The van der Waals surface area contributed by atoms with Crippen LogP contribution in [0.4, 0.5) is 0 Å². The van der Waals surface area contributed by atoms with Gasteiger partial charge in [0.2, 0.25) is 0 Å². The molecule has 0 amide bonds. The number of nitrogens with zero attached hydrogens (tertiary/aromatic N) is 2. The highest BCUT2D eigenvalue weighted by atomic mass is 32.2. The van der Waals surface area contributed by atoms with Gasteiger partial charge in [-0.1, -0.05) is 0 Å². The number of carbonyl (C=O) groups excluding carboxylic acids is 1. The summed E-state index contributed by atoms with van der Waals surface area (Å²) < 4.78 is 31.4. The molecule has 1 unspecified atom stereocenters. The summed E-state index contributed by atoms with van der Waals surface area (Å²) in [5, 5.41) is 0. The molecule has 1 atom stereocenters. The fourth-order valence-electron chi connectivity index (χ4n) is 1.85. The molecule has 0 aromatic carbocycles. The number of hydrogen-bond acceptors (Lipinski definition) is 5. The van der Waals surface area contributed by atoms with Gasteiger partial charge in [0, 0.05) is 32.7 Å². The van der Waals surface area contributed by atoms with E-state index in [9.17, 15) is 13.2 Å². The van der Waals surface area contributed by atoms with Crippen molar-refractivity contribution in [2.75, 3.05) is 33.8 Å². The molecular formula is C10H21N3O4S. The summed E-state index contributed by atoms with van der Waals surface area (Å²) in [4.78, 5) is 11.0. The smallest absolute Gasteiger partial charge is 0.306 e. The van der Waals surface area contributed by atoms with Gasteiger partial charge in [-0.3, -0.25) is 4.79 Å². The van der Waals surface area contributed by atoms with Crippen molar-refractivity contribution < 1.29 is 17.9 Å². The number of nitrogens with two attached hydrogens (primary N) is 1. The van der Waals surface area contributed by atoms with Crippen LogP contribution >= 0.6 is 0 Å². The lowest BCUT2D eigenvalue weighted by Crippen LogP contribution is -2.50. The number of esters is 1. The zero-order valence-corrected chi connectivity index (χ0v) is 11.6. The molecule has 1 aliphatic heterocycles. The third-order valence-corrected chi connectivity index (χ3v) is 4.95. The largest absolute Gasteiger partial charge is 0.469 e. The van der Waals surface area contributed by atoms with Gasteiger partial charge in [0.05, 0.1) is 13.5 Å². The third-order valence-electron chi connectivity index (χ3n) is 3.00. The Balaban J connectivity index is 2.58. The van der Waals surface area contributed by atoms with Crippen LogP contribution < -0.4 is 5.73 Å². The summed E-state index contributed by atoms with van der Waals surface area (Å²) in [6, 6.07) is -0.109. The van der Waals surface area contributed by atoms with E-state index in [0.29, 0.717) is 13.1 Å². The number of ether oxygens (including phenoxy) is 1. The maximum atomic E-state index is 12.2. The number of rotatable bonds is 5. The van der Waals surface area contributed by atoms with Crippen LogP contribution in [0.15, 0.2) is 0 Å². The maximum absolute atomic E-state index is 12.2. The summed E-state index contributed by atoms with van der Waals surface area (Å²) in [5.74, 6) is -0.424. The van der Waals surface area contributed by atoms with E-state index in [1.54, 1.807) is 0 Å². The van der Waals surface area contributed by atoms with Gasteiger partial charge in [0.25, 0.3) is 10.2 Å². The van der Waals surface area contributed by atoms with Crippen molar-refractivity contribution in [3.05, 3.63) is 0 Å². The van der Waals surface area contributed by atoms with E-state index in [1.807, 2.05) is 0 Å². The quantitative estimate of drug-likeness (QED) is 0.662. The molecule has 0 radical (unpaired) electrons. The minimum atomic E-state index is -3.52. The van der Waals surface area contributed by atoms with Crippen LogP contribution in [0.1, 0.15) is 19.3 Å². The molecular weight excluding hydrogens is 258 g/mol. The molecule has 1 rings (SSSR count).